The molecule has 0 saturated carbocycles. The van der Waals surface area contributed by atoms with Crippen molar-refractivity contribution in [2.24, 2.45) is 0 Å². The van der Waals surface area contributed by atoms with E-state index in [1.807, 2.05) is 26.0 Å². The molecule has 0 bridgehead atoms. The van der Waals surface area contributed by atoms with Gasteiger partial charge in [0.25, 0.3) is 5.91 Å². The summed E-state index contributed by atoms with van der Waals surface area (Å²) in [7, 11) is 0. The van der Waals surface area contributed by atoms with Gasteiger partial charge in [-0.1, -0.05) is 0 Å². The number of imide groups is 1. The van der Waals surface area contributed by atoms with E-state index in [9.17, 15) is 14.4 Å². The average molecular weight is 395 g/mol. The van der Waals surface area contributed by atoms with Crippen LogP contribution in [0.4, 0.5) is 4.79 Å². The Morgan fingerprint density at radius 3 is 2.31 bits per heavy atom. The maximum Gasteiger partial charge on any atom is 0.338 e. The van der Waals surface area contributed by atoms with E-state index >= 15 is 0 Å². The number of rotatable bonds is 6. The molecule has 8 heteroatoms. The largest absolute Gasteiger partial charge is 0.467 e. The van der Waals surface area contributed by atoms with Gasteiger partial charge in [-0.2, -0.15) is 0 Å². The molecule has 0 aliphatic rings. The van der Waals surface area contributed by atoms with Crippen LogP contribution in [0.25, 0.3) is 5.69 Å². The van der Waals surface area contributed by atoms with Crippen molar-refractivity contribution < 1.29 is 23.5 Å². The highest BCUT2D eigenvalue weighted by Crippen LogP contribution is 2.17. The van der Waals surface area contributed by atoms with Crippen LogP contribution in [0, 0.1) is 13.8 Å². The Hall–Kier alpha value is -3.81. The van der Waals surface area contributed by atoms with Crippen LogP contribution in [0.3, 0.4) is 0 Å². The second kappa shape index (κ2) is 8.92. The molecular weight excluding hydrogens is 374 g/mol. The molecule has 1 aromatic carbocycles. The fourth-order valence-electron chi connectivity index (χ4n) is 2.82. The predicted octanol–water partition coefficient (Wildman–Crippen LogP) is 2.87. The van der Waals surface area contributed by atoms with E-state index in [4.69, 9.17) is 9.15 Å². The summed E-state index contributed by atoms with van der Waals surface area (Å²) in [6.07, 6.45) is 1.48. The lowest BCUT2D eigenvalue weighted by molar-refractivity contribution is -0.123. The van der Waals surface area contributed by atoms with Gasteiger partial charge in [0.05, 0.1) is 18.4 Å². The lowest BCUT2D eigenvalue weighted by Gasteiger charge is -2.10. The Labute approximate surface area is 167 Å². The summed E-state index contributed by atoms with van der Waals surface area (Å²) in [5, 5.41) is 4.53. The number of nitrogens with zero attached hydrogens (tertiary/aromatic N) is 1. The fourth-order valence-corrected chi connectivity index (χ4v) is 2.82. The molecule has 0 fully saturated rings. The van der Waals surface area contributed by atoms with E-state index in [1.54, 1.807) is 36.4 Å². The molecule has 0 aliphatic heterocycles. The number of hydrogen-bond donors (Lipinski definition) is 2. The number of nitrogens with one attached hydrogen (secondary N) is 2. The second-order valence-corrected chi connectivity index (χ2v) is 6.38. The number of carbonyl (C=O) groups excluding carboxylic acids is 3. The van der Waals surface area contributed by atoms with Crippen LogP contribution in [0.5, 0.6) is 0 Å². The molecule has 0 saturated heterocycles. The molecule has 3 rings (SSSR count). The topological polar surface area (TPSA) is 103 Å². The zero-order valence-corrected chi connectivity index (χ0v) is 16.1. The normalized spacial score (nSPS) is 10.4. The van der Waals surface area contributed by atoms with Crippen molar-refractivity contribution in [1.82, 2.24) is 15.2 Å². The summed E-state index contributed by atoms with van der Waals surface area (Å²) in [6.45, 7) is 3.57. The Kier molecular flexibility index (Phi) is 6.13. The van der Waals surface area contributed by atoms with Gasteiger partial charge in [0.1, 0.15) is 5.76 Å². The fraction of sp³-hybridized carbons (Fsp3) is 0.190. The molecule has 2 heterocycles. The number of aryl methyl sites for hydroxylation is 2. The lowest BCUT2D eigenvalue weighted by atomic mass is 10.2. The van der Waals surface area contributed by atoms with Gasteiger partial charge in [0.2, 0.25) is 0 Å². The quantitative estimate of drug-likeness (QED) is 0.625. The van der Waals surface area contributed by atoms with Gasteiger partial charge in [0, 0.05) is 17.1 Å². The molecule has 3 amide bonds. The molecule has 3 aromatic rings. The standard InChI is InChI=1S/C21H21N3O5/c1-14-5-6-15(2)24(14)17-9-7-16(8-10-17)20(26)29-13-19(25)23-21(27)22-12-18-4-3-11-28-18/h3-11H,12-13H2,1-2H3,(H2,22,23,25,27). The van der Waals surface area contributed by atoms with Gasteiger partial charge in [-0.25, -0.2) is 9.59 Å². The van der Waals surface area contributed by atoms with Gasteiger partial charge in [0.15, 0.2) is 6.61 Å². The molecule has 0 unspecified atom stereocenters. The molecule has 2 aromatic heterocycles. The lowest BCUT2D eigenvalue weighted by Crippen LogP contribution is -2.41. The van der Waals surface area contributed by atoms with E-state index in [2.05, 4.69) is 15.2 Å². The van der Waals surface area contributed by atoms with Crippen molar-refractivity contribution >= 4 is 17.9 Å². The monoisotopic (exact) mass is 395 g/mol. The first-order valence-electron chi connectivity index (χ1n) is 8.96. The minimum absolute atomic E-state index is 0.137. The average Bonchev–Trinajstić information content (AvgIpc) is 3.34. The number of furan rings is 1. The molecule has 8 nitrogen and oxygen atoms in total. The zero-order chi connectivity index (χ0) is 20.8. The van der Waals surface area contributed by atoms with Crippen molar-refractivity contribution in [2.75, 3.05) is 6.61 Å². The first kappa shape index (κ1) is 19.9. The third-order valence-electron chi connectivity index (χ3n) is 4.22. The van der Waals surface area contributed by atoms with Gasteiger partial charge in [-0.3, -0.25) is 10.1 Å². The van der Waals surface area contributed by atoms with Crippen LogP contribution in [0.1, 0.15) is 27.5 Å². The number of hydrogen-bond acceptors (Lipinski definition) is 5. The third kappa shape index (κ3) is 5.13. The van der Waals surface area contributed by atoms with Crippen molar-refractivity contribution in [3.8, 4) is 5.69 Å². The van der Waals surface area contributed by atoms with Gasteiger partial charge < -0.3 is 19.0 Å². The number of amides is 3. The Balaban J connectivity index is 1.47. The van der Waals surface area contributed by atoms with Crippen molar-refractivity contribution in [3.63, 3.8) is 0 Å². The maximum atomic E-state index is 12.1. The number of aromatic nitrogens is 1. The van der Waals surface area contributed by atoms with Crippen LogP contribution in [0.2, 0.25) is 0 Å². The number of carbonyl (C=O) groups is 3. The van der Waals surface area contributed by atoms with Crippen LogP contribution in [0.15, 0.2) is 59.2 Å². The van der Waals surface area contributed by atoms with Gasteiger partial charge in [-0.05, 0) is 62.4 Å². The highest BCUT2D eigenvalue weighted by Gasteiger charge is 2.13. The van der Waals surface area contributed by atoms with Crippen LogP contribution in [-0.2, 0) is 16.1 Å². The molecule has 2 N–H and O–H groups in total. The summed E-state index contributed by atoms with van der Waals surface area (Å²) in [4.78, 5) is 35.5. The molecule has 29 heavy (non-hydrogen) atoms. The summed E-state index contributed by atoms with van der Waals surface area (Å²) < 4.78 is 12.1. The predicted molar refractivity (Wildman–Crippen MR) is 105 cm³/mol. The molecule has 0 spiro atoms. The van der Waals surface area contributed by atoms with Crippen molar-refractivity contribution in [1.29, 1.82) is 0 Å². The van der Waals surface area contributed by atoms with Crippen molar-refractivity contribution in [3.05, 3.63) is 77.5 Å². The number of esters is 1. The smallest absolute Gasteiger partial charge is 0.338 e. The first-order chi connectivity index (χ1) is 13.9. The summed E-state index contributed by atoms with van der Waals surface area (Å²) in [5.41, 5.74) is 3.40. The second-order valence-electron chi connectivity index (χ2n) is 6.38. The van der Waals surface area contributed by atoms with E-state index in [0.717, 1.165) is 17.1 Å². The Morgan fingerprint density at radius 1 is 1.00 bits per heavy atom. The minimum atomic E-state index is -0.731. The Morgan fingerprint density at radius 2 is 1.69 bits per heavy atom. The maximum absolute atomic E-state index is 12.1. The van der Waals surface area contributed by atoms with Crippen molar-refractivity contribution in [2.45, 2.75) is 20.4 Å². The van der Waals surface area contributed by atoms with Crippen LogP contribution < -0.4 is 10.6 Å². The van der Waals surface area contributed by atoms with Gasteiger partial charge >= 0.3 is 12.0 Å². The number of benzene rings is 1. The number of urea groups is 1. The first-order valence-corrected chi connectivity index (χ1v) is 8.96. The van der Waals surface area contributed by atoms with E-state index in [1.165, 1.54) is 6.26 Å². The molecule has 150 valence electrons. The summed E-state index contributed by atoms with van der Waals surface area (Å²) >= 11 is 0. The number of ether oxygens (including phenoxy) is 1. The Bertz CT molecular complexity index is 984. The van der Waals surface area contributed by atoms with E-state index in [0.29, 0.717) is 11.3 Å². The highest BCUT2D eigenvalue weighted by molar-refractivity contribution is 5.97. The summed E-state index contributed by atoms with van der Waals surface area (Å²) in [6, 6.07) is 13.6. The molecular formula is C21H21N3O5. The molecule has 0 radical (unpaired) electrons. The van der Waals surface area contributed by atoms with E-state index < -0.39 is 24.5 Å². The van der Waals surface area contributed by atoms with Gasteiger partial charge in [-0.15, -0.1) is 0 Å². The third-order valence-corrected chi connectivity index (χ3v) is 4.22. The minimum Gasteiger partial charge on any atom is -0.467 e. The molecule has 0 aliphatic carbocycles. The van der Waals surface area contributed by atoms with Crippen LogP contribution in [-0.4, -0.2) is 29.1 Å². The van der Waals surface area contributed by atoms with Crippen LogP contribution >= 0.6 is 0 Å². The summed E-state index contributed by atoms with van der Waals surface area (Å²) in [5.74, 6) is -0.832. The highest BCUT2D eigenvalue weighted by atomic mass is 16.5. The SMILES string of the molecule is Cc1ccc(C)n1-c1ccc(C(=O)OCC(=O)NC(=O)NCc2ccco2)cc1. The van der Waals surface area contributed by atoms with E-state index in [-0.39, 0.29) is 6.54 Å². The molecule has 0 atom stereocenters. The zero-order valence-electron chi connectivity index (χ0n) is 16.1.